The van der Waals surface area contributed by atoms with Crippen molar-refractivity contribution in [1.29, 1.82) is 0 Å². The van der Waals surface area contributed by atoms with E-state index >= 15 is 0 Å². The molecule has 1 amide bonds. The van der Waals surface area contributed by atoms with Crippen molar-refractivity contribution in [3.63, 3.8) is 0 Å². The summed E-state index contributed by atoms with van der Waals surface area (Å²) in [6.45, 7) is 0.734. The summed E-state index contributed by atoms with van der Waals surface area (Å²) < 4.78 is 0. The van der Waals surface area contributed by atoms with Crippen LogP contribution >= 0.6 is 0 Å². The van der Waals surface area contributed by atoms with E-state index in [4.69, 9.17) is 5.73 Å². The highest BCUT2D eigenvalue weighted by Crippen LogP contribution is 2.16. The van der Waals surface area contributed by atoms with Crippen LogP contribution < -0.4 is 11.1 Å². The molecule has 0 spiro atoms. The molecule has 1 aromatic rings. The smallest absolute Gasteiger partial charge is 0.248 e. The molecule has 0 aromatic heterocycles. The number of benzene rings is 1. The third-order valence-electron chi connectivity index (χ3n) is 1.96. The maximum absolute atomic E-state index is 11.5. The zero-order valence-electron chi connectivity index (χ0n) is 9.60. The van der Waals surface area contributed by atoms with Gasteiger partial charge in [0.25, 0.3) is 0 Å². The fourth-order valence-electron chi connectivity index (χ4n) is 1.16. The second-order valence-corrected chi connectivity index (χ2v) is 3.74. The lowest BCUT2D eigenvalue weighted by atomic mass is 10.2. The normalized spacial score (nSPS) is 10.9. The first-order valence-corrected chi connectivity index (χ1v) is 5.06. The maximum Gasteiger partial charge on any atom is 0.248 e. The number of carbonyl (C=O) groups excluding carboxylic acids is 1. The molecule has 1 aromatic carbocycles. The second kappa shape index (κ2) is 5.92. The second-order valence-electron chi connectivity index (χ2n) is 3.74. The number of rotatable bonds is 4. The van der Waals surface area contributed by atoms with Gasteiger partial charge in [-0.3, -0.25) is 4.79 Å². The molecule has 0 saturated carbocycles. The fraction of sp³-hybridized carbons (Fsp3) is 0.250. The molecule has 0 aliphatic rings. The summed E-state index contributed by atoms with van der Waals surface area (Å²) in [7, 11) is 3.88. The van der Waals surface area contributed by atoms with Gasteiger partial charge in [0.1, 0.15) is 0 Å². The molecule has 0 radical (unpaired) electrons. The van der Waals surface area contributed by atoms with E-state index < -0.39 is 0 Å². The minimum atomic E-state index is -0.167. The molecule has 86 valence electrons. The van der Waals surface area contributed by atoms with Gasteiger partial charge in [-0.05, 0) is 26.2 Å². The summed E-state index contributed by atoms with van der Waals surface area (Å²) in [5.74, 6) is -0.167. The molecule has 0 fully saturated rings. The van der Waals surface area contributed by atoms with Gasteiger partial charge in [-0.25, -0.2) is 0 Å². The summed E-state index contributed by atoms with van der Waals surface area (Å²) >= 11 is 0. The molecule has 1 rings (SSSR count). The van der Waals surface area contributed by atoms with Gasteiger partial charge < -0.3 is 16.0 Å². The Balaban J connectivity index is 2.52. The summed E-state index contributed by atoms with van der Waals surface area (Å²) in [5.41, 5.74) is 6.91. The number of anilines is 2. The molecular formula is C12H17N3O. The Hall–Kier alpha value is -1.81. The Labute approximate surface area is 95.7 Å². The molecule has 0 heterocycles. The van der Waals surface area contributed by atoms with E-state index in [-0.39, 0.29) is 5.91 Å². The first-order chi connectivity index (χ1) is 7.59. The van der Waals surface area contributed by atoms with Gasteiger partial charge in [-0.1, -0.05) is 18.2 Å². The van der Waals surface area contributed by atoms with Crippen LogP contribution in [0.2, 0.25) is 0 Å². The SMILES string of the molecule is CN(C)C/C=C/C(=O)Nc1ccccc1N. The van der Waals surface area contributed by atoms with E-state index in [2.05, 4.69) is 5.32 Å². The molecule has 4 heteroatoms. The number of carbonyl (C=O) groups is 1. The highest BCUT2D eigenvalue weighted by atomic mass is 16.1. The predicted octanol–water partition coefficient (Wildman–Crippen LogP) is 1.33. The number of hydrogen-bond acceptors (Lipinski definition) is 3. The molecule has 3 N–H and O–H groups in total. The quantitative estimate of drug-likeness (QED) is 0.593. The highest BCUT2D eigenvalue weighted by molar-refractivity contribution is 6.01. The molecule has 0 unspecified atom stereocenters. The number of hydrogen-bond donors (Lipinski definition) is 2. The van der Waals surface area contributed by atoms with Gasteiger partial charge in [0.2, 0.25) is 5.91 Å². The van der Waals surface area contributed by atoms with Crippen molar-refractivity contribution in [3.05, 3.63) is 36.4 Å². The standard InChI is InChI=1S/C12H17N3O/c1-15(2)9-5-8-12(16)14-11-7-4-3-6-10(11)13/h3-8H,9,13H2,1-2H3,(H,14,16)/b8-5+. The Bertz CT molecular complexity index is 386. The van der Waals surface area contributed by atoms with Crippen LogP contribution in [-0.2, 0) is 4.79 Å². The number of nitrogens with zero attached hydrogens (tertiary/aromatic N) is 1. The van der Waals surface area contributed by atoms with Crippen LogP contribution in [0, 0.1) is 0 Å². The number of amides is 1. The van der Waals surface area contributed by atoms with Crippen LogP contribution in [0.3, 0.4) is 0 Å². The number of likely N-dealkylation sites (N-methyl/N-ethyl adjacent to an activating group) is 1. The van der Waals surface area contributed by atoms with E-state index in [0.717, 1.165) is 6.54 Å². The van der Waals surface area contributed by atoms with E-state index in [1.54, 1.807) is 18.2 Å². The topological polar surface area (TPSA) is 58.4 Å². The number of nitrogens with two attached hydrogens (primary N) is 1. The van der Waals surface area contributed by atoms with Gasteiger partial charge >= 0.3 is 0 Å². The fourth-order valence-corrected chi connectivity index (χ4v) is 1.16. The summed E-state index contributed by atoms with van der Waals surface area (Å²) in [4.78, 5) is 13.4. The molecule has 0 bridgehead atoms. The molecule has 4 nitrogen and oxygen atoms in total. The average Bonchev–Trinajstić information content (AvgIpc) is 2.21. The van der Waals surface area contributed by atoms with Gasteiger partial charge in [-0.15, -0.1) is 0 Å². The largest absolute Gasteiger partial charge is 0.397 e. The van der Waals surface area contributed by atoms with Crippen molar-refractivity contribution < 1.29 is 4.79 Å². The van der Waals surface area contributed by atoms with E-state index in [0.29, 0.717) is 11.4 Å². The van der Waals surface area contributed by atoms with Crippen LogP contribution in [-0.4, -0.2) is 31.4 Å². The molecule has 0 aliphatic heterocycles. The lowest BCUT2D eigenvalue weighted by molar-refractivity contribution is -0.111. The molecule has 16 heavy (non-hydrogen) atoms. The highest BCUT2D eigenvalue weighted by Gasteiger charge is 2.00. The van der Waals surface area contributed by atoms with Crippen molar-refractivity contribution in [2.45, 2.75) is 0 Å². The van der Waals surface area contributed by atoms with Gasteiger partial charge in [0.15, 0.2) is 0 Å². The van der Waals surface area contributed by atoms with Crippen molar-refractivity contribution in [3.8, 4) is 0 Å². The van der Waals surface area contributed by atoms with Crippen molar-refractivity contribution in [1.82, 2.24) is 4.90 Å². The molecule has 0 atom stereocenters. The van der Waals surface area contributed by atoms with Crippen molar-refractivity contribution >= 4 is 17.3 Å². The predicted molar refractivity (Wildman–Crippen MR) is 67.2 cm³/mol. The number of para-hydroxylation sites is 2. The lowest BCUT2D eigenvalue weighted by Crippen LogP contribution is -2.13. The van der Waals surface area contributed by atoms with Crippen LogP contribution in [0.15, 0.2) is 36.4 Å². The third-order valence-corrected chi connectivity index (χ3v) is 1.96. The Morgan fingerprint density at radius 1 is 1.44 bits per heavy atom. The van der Waals surface area contributed by atoms with Gasteiger partial charge in [0, 0.05) is 12.6 Å². The van der Waals surface area contributed by atoms with E-state index in [9.17, 15) is 4.79 Å². The summed E-state index contributed by atoms with van der Waals surface area (Å²) in [5, 5.41) is 2.71. The molecular weight excluding hydrogens is 202 g/mol. The number of nitrogens with one attached hydrogen (secondary N) is 1. The van der Waals surface area contributed by atoms with E-state index in [1.807, 2.05) is 31.1 Å². The van der Waals surface area contributed by atoms with Crippen LogP contribution in [0.25, 0.3) is 0 Å². The lowest BCUT2D eigenvalue weighted by Gasteiger charge is -2.06. The third kappa shape index (κ3) is 4.14. The van der Waals surface area contributed by atoms with Gasteiger partial charge in [0.05, 0.1) is 11.4 Å². The van der Waals surface area contributed by atoms with Crippen LogP contribution in [0.4, 0.5) is 11.4 Å². The first kappa shape index (κ1) is 12.3. The molecule has 0 aliphatic carbocycles. The Kier molecular flexibility index (Phi) is 4.54. The monoisotopic (exact) mass is 219 g/mol. The Morgan fingerprint density at radius 3 is 2.75 bits per heavy atom. The number of nitrogen functional groups attached to an aromatic ring is 1. The van der Waals surface area contributed by atoms with Crippen molar-refractivity contribution in [2.24, 2.45) is 0 Å². The zero-order chi connectivity index (χ0) is 12.0. The van der Waals surface area contributed by atoms with Crippen LogP contribution in [0.5, 0.6) is 0 Å². The maximum atomic E-state index is 11.5. The zero-order valence-corrected chi connectivity index (χ0v) is 9.60. The minimum absolute atomic E-state index is 0.167. The van der Waals surface area contributed by atoms with E-state index in [1.165, 1.54) is 6.08 Å². The summed E-state index contributed by atoms with van der Waals surface area (Å²) in [6.07, 6.45) is 3.31. The first-order valence-electron chi connectivity index (χ1n) is 5.06. The Morgan fingerprint density at radius 2 is 2.12 bits per heavy atom. The van der Waals surface area contributed by atoms with Gasteiger partial charge in [-0.2, -0.15) is 0 Å². The van der Waals surface area contributed by atoms with Crippen LogP contribution in [0.1, 0.15) is 0 Å². The average molecular weight is 219 g/mol. The minimum Gasteiger partial charge on any atom is -0.397 e. The van der Waals surface area contributed by atoms with Crippen molar-refractivity contribution in [2.75, 3.05) is 31.7 Å². The summed E-state index contributed by atoms with van der Waals surface area (Å²) in [6, 6.07) is 7.18. The molecule has 0 saturated heterocycles.